The van der Waals surface area contributed by atoms with E-state index >= 15 is 0 Å². The van der Waals surface area contributed by atoms with Gasteiger partial charge in [-0.05, 0) is 12.8 Å². The number of aromatic nitrogens is 2. The molecule has 0 fully saturated rings. The van der Waals surface area contributed by atoms with Crippen LogP contribution in [0.5, 0.6) is 0 Å². The van der Waals surface area contributed by atoms with Gasteiger partial charge in [-0.15, -0.1) is 10.2 Å². The molecule has 0 spiro atoms. The molecule has 0 atom stereocenters. The number of nitrogens with zero attached hydrogens (tertiary/aromatic N) is 3. The predicted molar refractivity (Wildman–Crippen MR) is 70.4 cm³/mol. The summed E-state index contributed by atoms with van der Waals surface area (Å²) in [5.41, 5.74) is 0. The Morgan fingerprint density at radius 1 is 1.28 bits per heavy atom. The molecule has 1 heterocycles. The Bertz CT molecular complexity index is 365. The van der Waals surface area contributed by atoms with Crippen LogP contribution in [-0.4, -0.2) is 28.1 Å². The van der Waals surface area contributed by atoms with E-state index in [2.05, 4.69) is 26.1 Å². The lowest BCUT2D eigenvalue weighted by Gasteiger charge is -2.29. The molecular weight excluding hydrogens is 331 g/mol. The van der Waals surface area contributed by atoms with Crippen LogP contribution in [0, 0.1) is 0 Å². The first-order chi connectivity index (χ1) is 8.43. The van der Waals surface area contributed by atoms with Crippen LogP contribution in [0.4, 0.5) is 18.3 Å². The Morgan fingerprint density at radius 3 is 2.28 bits per heavy atom. The molecule has 0 amide bonds. The van der Waals surface area contributed by atoms with Crippen molar-refractivity contribution >= 4 is 32.4 Å². The molecule has 8 heteroatoms. The average molecular weight is 346 g/mol. The summed E-state index contributed by atoms with van der Waals surface area (Å²) in [5.74, 6) is 0. The van der Waals surface area contributed by atoms with Crippen LogP contribution in [0.15, 0.2) is 0 Å². The Kier molecular flexibility index (Phi) is 5.84. The molecule has 3 nitrogen and oxygen atoms in total. The monoisotopic (exact) mass is 345 g/mol. The summed E-state index contributed by atoms with van der Waals surface area (Å²) in [6, 6.07) is 0.191. The molecule has 1 aromatic heterocycles. The summed E-state index contributed by atoms with van der Waals surface area (Å²) in [5, 5.41) is 7.04. The van der Waals surface area contributed by atoms with Crippen LogP contribution in [0.1, 0.15) is 31.7 Å². The molecule has 0 bridgehead atoms. The largest absolute Gasteiger partial charge is 0.445 e. The number of alkyl halides is 4. The van der Waals surface area contributed by atoms with E-state index in [0.29, 0.717) is 28.3 Å². The lowest BCUT2D eigenvalue weighted by atomic mass is 10.1. The number of anilines is 1. The van der Waals surface area contributed by atoms with Gasteiger partial charge in [-0.3, -0.25) is 0 Å². The summed E-state index contributed by atoms with van der Waals surface area (Å²) >= 11 is 3.92. The highest BCUT2D eigenvalue weighted by molar-refractivity contribution is 9.09. The van der Waals surface area contributed by atoms with Crippen LogP contribution < -0.4 is 4.90 Å². The van der Waals surface area contributed by atoms with Crippen molar-refractivity contribution in [2.24, 2.45) is 0 Å². The van der Waals surface area contributed by atoms with Gasteiger partial charge in [-0.1, -0.05) is 41.1 Å². The number of rotatable bonds is 6. The number of halogens is 4. The minimum Gasteiger partial charge on any atom is -0.343 e. The zero-order valence-electron chi connectivity index (χ0n) is 10.2. The summed E-state index contributed by atoms with van der Waals surface area (Å²) in [4.78, 5) is 1.89. The van der Waals surface area contributed by atoms with Gasteiger partial charge in [0.2, 0.25) is 10.1 Å². The molecule has 0 saturated carbocycles. The molecule has 0 saturated heterocycles. The molecule has 0 N–H and O–H groups in total. The first-order valence-corrected chi connectivity index (χ1v) is 7.61. The zero-order chi connectivity index (χ0) is 13.8. The predicted octanol–water partition coefficient (Wildman–Crippen LogP) is 3.95. The topological polar surface area (TPSA) is 29.0 Å². The molecule has 1 aromatic rings. The second-order valence-corrected chi connectivity index (χ2v) is 5.49. The van der Waals surface area contributed by atoms with E-state index in [1.54, 1.807) is 0 Å². The summed E-state index contributed by atoms with van der Waals surface area (Å²) in [6.07, 6.45) is -2.68. The quantitative estimate of drug-likeness (QED) is 0.731. The normalized spacial score (nSPS) is 12.2. The van der Waals surface area contributed by atoms with E-state index in [1.807, 2.05) is 18.7 Å². The van der Waals surface area contributed by atoms with Gasteiger partial charge in [0.1, 0.15) is 0 Å². The molecule has 0 aromatic carbocycles. The van der Waals surface area contributed by atoms with Crippen molar-refractivity contribution < 1.29 is 13.2 Å². The molecule has 104 valence electrons. The SMILES string of the molecule is CCC(CC)N(CCBr)c1nnc(C(F)(F)F)s1. The van der Waals surface area contributed by atoms with Gasteiger partial charge in [0.05, 0.1) is 0 Å². The molecule has 0 aliphatic rings. The van der Waals surface area contributed by atoms with Gasteiger partial charge < -0.3 is 4.90 Å². The maximum absolute atomic E-state index is 12.5. The van der Waals surface area contributed by atoms with E-state index in [4.69, 9.17) is 0 Å². The third kappa shape index (κ3) is 3.81. The van der Waals surface area contributed by atoms with E-state index in [0.717, 1.165) is 12.8 Å². The average Bonchev–Trinajstić information content (AvgIpc) is 2.78. The van der Waals surface area contributed by atoms with Crippen LogP contribution >= 0.6 is 27.3 Å². The summed E-state index contributed by atoms with van der Waals surface area (Å²) < 4.78 is 37.5. The third-order valence-electron chi connectivity index (χ3n) is 2.61. The molecular formula is C10H15BrF3N3S. The Hall–Kier alpha value is -0.370. The standard InChI is InChI=1S/C10H15BrF3N3S/c1-3-7(4-2)17(6-5-11)9-16-15-8(18-9)10(12,13)14/h7H,3-6H2,1-2H3. The Labute approximate surface area is 117 Å². The fraction of sp³-hybridized carbons (Fsp3) is 0.800. The van der Waals surface area contributed by atoms with Gasteiger partial charge >= 0.3 is 6.18 Å². The zero-order valence-corrected chi connectivity index (χ0v) is 12.6. The van der Waals surface area contributed by atoms with Crippen molar-refractivity contribution in [1.82, 2.24) is 10.2 Å². The van der Waals surface area contributed by atoms with Crippen molar-refractivity contribution in [2.75, 3.05) is 16.8 Å². The lowest BCUT2D eigenvalue weighted by molar-refractivity contribution is -0.138. The lowest BCUT2D eigenvalue weighted by Crippen LogP contribution is -2.35. The summed E-state index contributed by atoms with van der Waals surface area (Å²) in [6.45, 7) is 4.65. The molecule has 0 unspecified atom stereocenters. The number of hydrogen-bond donors (Lipinski definition) is 0. The van der Waals surface area contributed by atoms with E-state index in [1.165, 1.54) is 0 Å². The molecule has 0 aliphatic carbocycles. The van der Waals surface area contributed by atoms with Crippen molar-refractivity contribution in [3.8, 4) is 0 Å². The summed E-state index contributed by atoms with van der Waals surface area (Å²) in [7, 11) is 0. The Balaban J connectivity index is 2.95. The highest BCUT2D eigenvalue weighted by Gasteiger charge is 2.36. The van der Waals surface area contributed by atoms with E-state index in [-0.39, 0.29) is 6.04 Å². The van der Waals surface area contributed by atoms with E-state index in [9.17, 15) is 13.2 Å². The minimum atomic E-state index is -4.41. The van der Waals surface area contributed by atoms with E-state index < -0.39 is 11.2 Å². The Morgan fingerprint density at radius 2 is 1.89 bits per heavy atom. The van der Waals surface area contributed by atoms with Crippen molar-refractivity contribution in [1.29, 1.82) is 0 Å². The molecule has 0 aliphatic heterocycles. The minimum absolute atomic E-state index is 0.191. The van der Waals surface area contributed by atoms with Gasteiger partial charge in [-0.25, -0.2) is 0 Å². The van der Waals surface area contributed by atoms with Crippen molar-refractivity contribution in [3.05, 3.63) is 5.01 Å². The fourth-order valence-corrected chi connectivity index (χ4v) is 2.89. The maximum atomic E-state index is 12.5. The van der Waals surface area contributed by atoms with Crippen LogP contribution in [0.3, 0.4) is 0 Å². The second-order valence-electron chi connectivity index (χ2n) is 3.74. The molecule has 1 rings (SSSR count). The van der Waals surface area contributed by atoms with Gasteiger partial charge in [0.25, 0.3) is 0 Å². The second kappa shape index (κ2) is 6.70. The van der Waals surface area contributed by atoms with Crippen molar-refractivity contribution in [2.45, 2.75) is 38.9 Å². The third-order valence-corrected chi connectivity index (χ3v) is 3.97. The van der Waals surface area contributed by atoms with Crippen molar-refractivity contribution in [3.63, 3.8) is 0 Å². The maximum Gasteiger partial charge on any atom is 0.445 e. The fourth-order valence-electron chi connectivity index (χ4n) is 1.70. The van der Waals surface area contributed by atoms with Crippen LogP contribution in [0.2, 0.25) is 0 Å². The van der Waals surface area contributed by atoms with Crippen LogP contribution in [-0.2, 0) is 6.18 Å². The first-order valence-electron chi connectivity index (χ1n) is 5.67. The van der Waals surface area contributed by atoms with Gasteiger partial charge in [0, 0.05) is 17.9 Å². The smallest absolute Gasteiger partial charge is 0.343 e. The van der Waals surface area contributed by atoms with Gasteiger partial charge in [-0.2, -0.15) is 13.2 Å². The first kappa shape index (κ1) is 15.7. The number of hydrogen-bond acceptors (Lipinski definition) is 4. The van der Waals surface area contributed by atoms with Gasteiger partial charge in [0.15, 0.2) is 0 Å². The molecule has 0 radical (unpaired) electrons. The molecule has 18 heavy (non-hydrogen) atoms. The van der Waals surface area contributed by atoms with Crippen LogP contribution in [0.25, 0.3) is 0 Å². The highest BCUT2D eigenvalue weighted by Crippen LogP contribution is 2.35. The highest BCUT2D eigenvalue weighted by atomic mass is 79.9.